The molecule has 1 aromatic rings. The number of piperidine rings is 2. The van der Waals surface area contributed by atoms with E-state index in [4.69, 9.17) is 4.74 Å². The highest BCUT2D eigenvalue weighted by Gasteiger charge is 2.34. The zero-order valence-corrected chi connectivity index (χ0v) is 18.0. The van der Waals surface area contributed by atoms with Crippen molar-refractivity contribution in [2.24, 2.45) is 5.92 Å². The van der Waals surface area contributed by atoms with E-state index in [0.717, 1.165) is 39.0 Å². The van der Waals surface area contributed by atoms with Gasteiger partial charge in [-0.25, -0.2) is 4.79 Å². The monoisotopic (exact) mass is 387 g/mol. The lowest BCUT2D eigenvalue weighted by atomic mass is 9.85. The van der Waals surface area contributed by atoms with Crippen molar-refractivity contribution in [3.63, 3.8) is 0 Å². The van der Waals surface area contributed by atoms with Crippen molar-refractivity contribution in [3.8, 4) is 0 Å². The number of benzene rings is 1. The molecule has 2 unspecified atom stereocenters. The molecule has 0 spiro atoms. The predicted octanol–water partition coefficient (Wildman–Crippen LogP) is 3.54. The predicted molar refractivity (Wildman–Crippen MR) is 114 cm³/mol. The van der Waals surface area contributed by atoms with Crippen molar-refractivity contribution in [2.75, 3.05) is 33.2 Å². The van der Waals surface area contributed by atoms with Gasteiger partial charge in [-0.1, -0.05) is 30.3 Å². The van der Waals surface area contributed by atoms with Gasteiger partial charge in [-0.3, -0.25) is 0 Å². The number of rotatable bonds is 4. The molecule has 0 bridgehead atoms. The summed E-state index contributed by atoms with van der Waals surface area (Å²) in [5, 5.41) is 3.95. The van der Waals surface area contributed by atoms with Gasteiger partial charge < -0.3 is 19.9 Å². The van der Waals surface area contributed by atoms with Gasteiger partial charge in [0.1, 0.15) is 5.60 Å². The largest absolute Gasteiger partial charge is 0.444 e. The summed E-state index contributed by atoms with van der Waals surface area (Å²) in [7, 11) is 2.20. The van der Waals surface area contributed by atoms with Crippen LogP contribution in [0.25, 0.3) is 0 Å². The van der Waals surface area contributed by atoms with Gasteiger partial charge in [0.15, 0.2) is 0 Å². The van der Waals surface area contributed by atoms with Gasteiger partial charge in [0.25, 0.3) is 0 Å². The van der Waals surface area contributed by atoms with Crippen LogP contribution in [0, 0.1) is 5.92 Å². The number of hydrogen-bond acceptors (Lipinski definition) is 4. The van der Waals surface area contributed by atoms with Crippen LogP contribution in [0.5, 0.6) is 0 Å². The number of nitrogens with one attached hydrogen (secondary N) is 1. The van der Waals surface area contributed by atoms with Gasteiger partial charge in [-0.05, 0) is 78.1 Å². The van der Waals surface area contributed by atoms with E-state index in [-0.39, 0.29) is 6.09 Å². The molecule has 3 rings (SSSR count). The smallest absolute Gasteiger partial charge is 0.410 e. The van der Waals surface area contributed by atoms with Crippen LogP contribution in [-0.4, -0.2) is 66.8 Å². The fraction of sp³-hybridized carbons (Fsp3) is 0.696. The lowest BCUT2D eigenvalue weighted by Crippen LogP contribution is -2.55. The molecule has 1 N–H and O–H groups in total. The lowest BCUT2D eigenvalue weighted by molar-refractivity contribution is 0.0122. The third-order valence-corrected chi connectivity index (χ3v) is 5.89. The Hall–Kier alpha value is -1.59. The molecule has 0 aromatic heterocycles. The number of hydrogen-bond donors (Lipinski definition) is 1. The van der Waals surface area contributed by atoms with Crippen LogP contribution in [0.2, 0.25) is 0 Å². The number of carbonyl (C=O) groups is 1. The maximum absolute atomic E-state index is 12.6. The van der Waals surface area contributed by atoms with Crippen molar-refractivity contribution in [1.29, 1.82) is 0 Å². The van der Waals surface area contributed by atoms with E-state index in [1.54, 1.807) is 0 Å². The summed E-state index contributed by atoms with van der Waals surface area (Å²) in [6, 6.07) is 11.7. The Bertz CT molecular complexity index is 620. The molecule has 0 saturated carbocycles. The molecule has 5 heteroatoms. The van der Waals surface area contributed by atoms with Gasteiger partial charge in [-0.15, -0.1) is 0 Å². The number of nitrogens with zero attached hydrogens (tertiary/aromatic N) is 2. The Morgan fingerprint density at radius 3 is 2.43 bits per heavy atom. The minimum Gasteiger partial charge on any atom is -0.444 e. The maximum atomic E-state index is 12.6. The molecule has 2 atom stereocenters. The number of carbonyl (C=O) groups excluding carboxylic acids is 1. The Morgan fingerprint density at radius 1 is 1.11 bits per heavy atom. The lowest BCUT2D eigenvalue weighted by Gasteiger charge is -2.42. The van der Waals surface area contributed by atoms with E-state index < -0.39 is 5.60 Å². The van der Waals surface area contributed by atoms with Crippen LogP contribution in [-0.2, 0) is 11.2 Å². The molecule has 5 nitrogen and oxygen atoms in total. The minimum absolute atomic E-state index is 0.177. The van der Waals surface area contributed by atoms with Crippen LogP contribution in [0.1, 0.15) is 45.6 Å². The topological polar surface area (TPSA) is 44.8 Å². The van der Waals surface area contributed by atoms with E-state index in [9.17, 15) is 4.79 Å². The number of amides is 1. The molecule has 0 radical (unpaired) electrons. The molecule has 28 heavy (non-hydrogen) atoms. The molecule has 1 amide bonds. The first-order valence-corrected chi connectivity index (χ1v) is 10.8. The Balaban J connectivity index is 1.66. The fourth-order valence-electron chi connectivity index (χ4n) is 4.35. The van der Waals surface area contributed by atoms with Crippen LogP contribution in [0.3, 0.4) is 0 Å². The first kappa shape index (κ1) is 21.1. The molecule has 0 aliphatic carbocycles. The van der Waals surface area contributed by atoms with E-state index in [1.807, 2.05) is 25.7 Å². The quantitative estimate of drug-likeness (QED) is 0.858. The summed E-state index contributed by atoms with van der Waals surface area (Å²) in [4.78, 5) is 16.9. The third-order valence-electron chi connectivity index (χ3n) is 5.89. The van der Waals surface area contributed by atoms with Gasteiger partial charge in [0, 0.05) is 25.2 Å². The van der Waals surface area contributed by atoms with Crippen LogP contribution < -0.4 is 5.32 Å². The van der Waals surface area contributed by atoms with E-state index in [0.29, 0.717) is 18.0 Å². The summed E-state index contributed by atoms with van der Waals surface area (Å²) in [5.74, 6) is 0.406. The van der Waals surface area contributed by atoms with Crippen molar-refractivity contribution < 1.29 is 9.53 Å². The highest BCUT2D eigenvalue weighted by molar-refractivity contribution is 5.68. The Morgan fingerprint density at radius 2 is 1.79 bits per heavy atom. The number of ether oxygens (including phenoxy) is 1. The Labute approximate surface area is 170 Å². The molecular formula is C23H37N3O2. The van der Waals surface area contributed by atoms with Gasteiger partial charge >= 0.3 is 6.09 Å². The molecule has 2 heterocycles. The summed E-state index contributed by atoms with van der Waals surface area (Å²) in [6.45, 7) is 9.65. The third kappa shape index (κ3) is 6.21. The SMILES string of the molecule is CN1CCC(NC2CCN(C(=O)OC(C)(C)C)CC2Cc2ccccc2)CC1. The maximum Gasteiger partial charge on any atom is 0.410 e. The molecule has 2 aliphatic heterocycles. The molecule has 156 valence electrons. The highest BCUT2D eigenvalue weighted by Crippen LogP contribution is 2.25. The summed E-state index contributed by atoms with van der Waals surface area (Å²) in [5.41, 5.74) is 0.892. The van der Waals surface area contributed by atoms with Gasteiger partial charge in [0.05, 0.1) is 0 Å². The zero-order chi connectivity index (χ0) is 20.1. The second kappa shape index (κ2) is 9.27. The van der Waals surface area contributed by atoms with Crippen molar-refractivity contribution in [2.45, 2.75) is 64.1 Å². The fourth-order valence-corrected chi connectivity index (χ4v) is 4.35. The second-order valence-electron chi connectivity index (χ2n) is 9.52. The first-order valence-electron chi connectivity index (χ1n) is 10.8. The summed E-state index contributed by atoms with van der Waals surface area (Å²) >= 11 is 0. The zero-order valence-electron chi connectivity index (χ0n) is 18.0. The summed E-state index contributed by atoms with van der Waals surface area (Å²) in [6.07, 6.45) is 4.22. The van der Waals surface area contributed by atoms with E-state index in [1.165, 1.54) is 18.4 Å². The summed E-state index contributed by atoms with van der Waals surface area (Å²) < 4.78 is 5.63. The molecule has 1 aromatic carbocycles. The Kier molecular flexibility index (Phi) is 7.00. The average molecular weight is 388 g/mol. The van der Waals surface area contributed by atoms with Crippen LogP contribution in [0.15, 0.2) is 30.3 Å². The minimum atomic E-state index is -0.449. The normalized spacial score (nSPS) is 24.9. The van der Waals surface area contributed by atoms with Gasteiger partial charge in [0.2, 0.25) is 0 Å². The molecular weight excluding hydrogens is 350 g/mol. The van der Waals surface area contributed by atoms with Crippen LogP contribution >= 0.6 is 0 Å². The average Bonchev–Trinajstić information content (AvgIpc) is 2.64. The molecule has 2 fully saturated rings. The standard InChI is InChI=1S/C23H37N3O2/c1-23(2,3)28-22(27)26-15-12-21(24-20-10-13-25(4)14-11-20)19(17-26)16-18-8-6-5-7-9-18/h5-9,19-21,24H,10-17H2,1-4H3. The van der Waals surface area contributed by atoms with Crippen LogP contribution in [0.4, 0.5) is 4.79 Å². The number of likely N-dealkylation sites (tertiary alicyclic amines) is 2. The molecule has 2 saturated heterocycles. The van der Waals surface area contributed by atoms with E-state index in [2.05, 4.69) is 47.6 Å². The molecule has 2 aliphatic rings. The van der Waals surface area contributed by atoms with Crippen molar-refractivity contribution in [1.82, 2.24) is 15.1 Å². The van der Waals surface area contributed by atoms with E-state index >= 15 is 0 Å². The second-order valence-corrected chi connectivity index (χ2v) is 9.52. The highest BCUT2D eigenvalue weighted by atomic mass is 16.6. The van der Waals surface area contributed by atoms with Crippen molar-refractivity contribution >= 4 is 6.09 Å². The first-order chi connectivity index (χ1) is 13.3. The van der Waals surface area contributed by atoms with Gasteiger partial charge in [-0.2, -0.15) is 0 Å². The van der Waals surface area contributed by atoms with Crippen molar-refractivity contribution in [3.05, 3.63) is 35.9 Å².